The minimum absolute atomic E-state index is 0.0962. The van der Waals surface area contributed by atoms with Gasteiger partial charge in [0.05, 0.1) is 30.0 Å². The Morgan fingerprint density at radius 3 is 2.52 bits per heavy atom. The molecule has 7 heteroatoms. The average Bonchev–Trinajstić information content (AvgIpc) is 2.82. The van der Waals surface area contributed by atoms with Gasteiger partial charge >= 0.3 is 12.0 Å². The largest absolute Gasteiger partial charge is 0.481 e. The van der Waals surface area contributed by atoms with E-state index in [1.165, 1.54) is 0 Å². The van der Waals surface area contributed by atoms with E-state index in [2.05, 4.69) is 29.6 Å². The number of nitrogens with one attached hydrogen (secondary N) is 2. The topological polar surface area (TPSA) is 96.2 Å². The minimum Gasteiger partial charge on any atom is -0.481 e. The summed E-state index contributed by atoms with van der Waals surface area (Å²) >= 11 is 0. The van der Waals surface area contributed by atoms with Crippen molar-refractivity contribution in [2.45, 2.75) is 52.5 Å². The first-order valence-corrected chi connectivity index (χ1v) is 7.36. The van der Waals surface area contributed by atoms with Crippen LogP contribution in [0.5, 0.6) is 0 Å². The van der Waals surface area contributed by atoms with Crippen molar-refractivity contribution in [2.75, 3.05) is 11.9 Å². The van der Waals surface area contributed by atoms with E-state index in [1.807, 2.05) is 11.6 Å². The molecule has 0 atom stereocenters. The lowest BCUT2D eigenvalue weighted by Gasteiger charge is -2.17. The number of carbonyl (C=O) groups is 2. The lowest BCUT2D eigenvalue weighted by Crippen LogP contribution is -2.30. The molecule has 2 amide bonds. The van der Waals surface area contributed by atoms with Crippen LogP contribution < -0.4 is 10.6 Å². The van der Waals surface area contributed by atoms with Gasteiger partial charge in [-0.2, -0.15) is 5.10 Å². The van der Waals surface area contributed by atoms with E-state index in [0.717, 1.165) is 25.0 Å². The Labute approximate surface area is 124 Å². The number of carbonyl (C=O) groups excluding carboxylic acids is 1. The van der Waals surface area contributed by atoms with Crippen molar-refractivity contribution in [1.29, 1.82) is 0 Å². The summed E-state index contributed by atoms with van der Waals surface area (Å²) in [5, 5.41) is 18.1. The molecule has 0 radical (unpaired) electrons. The third-order valence-electron chi connectivity index (χ3n) is 3.39. The van der Waals surface area contributed by atoms with Crippen LogP contribution in [0.2, 0.25) is 0 Å². The Hall–Kier alpha value is -2.05. The fourth-order valence-corrected chi connectivity index (χ4v) is 2.24. The summed E-state index contributed by atoms with van der Waals surface area (Å²) in [6, 6.07) is -0.0828. The van der Waals surface area contributed by atoms with E-state index < -0.39 is 12.0 Å². The third kappa shape index (κ3) is 4.77. The lowest BCUT2D eigenvalue weighted by atomic mass is 10.1. The molecular weight excluding hydrogens is 272 g/mol. The van der Waals surface area contributed by atoms with Crippen molar-refractivity contribution in [3.05, 3.63) is 11.9 Å². The predicted octanol–water partition coefficient (Wildman–Crippen LogP) is 2.40. The number of aromatic nitrogens is 2. The third-order valence-corrected chi connectivity index (χ3v) is 3.39. The fourth-order valence-electron chi connectivity index (χ4n) is 2.24. The highest BCUT2D eigenvalue weighted by atomic mass is 16.4. The van der Waals surface area contributed by atoms with Gasteiger partial charge in [0.15, 0.2) is 0 Å². The lowest BCUT2D eigenvalue weighted by molar-refractivity contribution is -0.136. The molecule has 0 aliphatic carbocycles. The fraction of sp³-hybridized carbons (Fsp3) is 0.643. The van der Waals surface area contributed by atoms with Crippen molar-refractivity contribution in [3.8, 4) is 0 Å². The number of hydrogen-bond acceptors (Lipinski definition) is 3. The number of anilines is 1. The van der Waals surface area contributed by atoms with Gasteiger partial charge in [0.1, 0.15) is 0 Å². The monoisotopic (exact) mass is 296 g/mol. The van der Waals surface area contributed by atoms with Gasteiger partial charge < -0.3 is 15.7 Å². The number of urea groups is 1. The number of carboxylic acids is 1. The molecule has 0 unspecified atom stereocenters. The SMILES string of the molecule is CCc1c(NC(=O)NCCC(=O)O)cnn1C(CC)CC. The normalized spacial score (nSPS) is 10.7. The summed E-state index contributed by atoms with van der Waals surface area (Å²) in [7, 11) is 0. The van der Waals surface area contributed by atoms with Crippen molar-refractivity contribution in [3.63, 3.8) is 0 Å². The summed E-state index contributed by atoms with van der Waals surface area (Å²) in [4.78, 5) is 22.1. The van der Waals surface area contributed by atoms with Crippen LogP contribution in [0.25, 0.3) is 0 Å². The standard InChI is InChI=1S/C14H24N4O3/c1-4-10(5-2)18-12(6-3)11(9-16-18)17-14(21)15-8-7-13(19)20/h9-10H,4-8H2,1-3H3,(H,19,20)(H2,15,17,21). The minimum atomic E-state index is -0.939. The molecule has 0 saturated carbocycles. The van der Waals surface area contributed by atoms with Crippen LogP contribution >= 0.6 is 0 Å². The maximum absolute atomic E-state index is 11.7. The average molecular weight is 296 g/mol. The Kier molecular flexibility index (Phi) is 6.71. The van der Waals surface area contributed by atoms with E-state index in [0.29, 0.717) is 11.7 Å². The zero-order valence-corrected chi connectivity index (χ0v) is 12.8. The molecule has 7 nitrogen and oxygen atoms in total. The Morgan fingerprint density at radius 2 is 2.00 bits per heavy atom. The van der Waals surface area contributed by atoms with E-state index in [9.17, 15) is 9.59 Å². The molecule has 1 aromatic heterocycles. The highest BCUT2D eigenvalue weighted by molar-refractivity contribution is 5.89. The quantitative estimate of drug-likeness (QED) is 0.686. The van der Waals surface area contributed by atoms with Gasteiger partial charge in [-0.05, 0) is 19.3 Å². The molecule has 0 aliphatic rings. The molecule has 1 rings (SSSR count). The molecule has 3 N–H and O–H groups in total. The summed E-state index contributed by atoms with van der Waals surface area (Å²) in [6.45, 7) is 6.34. The Balaban J connectivity index is 2.71. The van der Waals surface area contributed by atoms with Crippen LogP contribution in [0.15, 0.2) is 6.20 Å². The number of nitrogens with zero attached hydrogens (tertiary/aromatic N) is 2. The first-order valence-electron chi connectivity index (χ1n) is 7.36. The van der Waals surface area contributed by atoms with Gasteiger partial charge in [-0.25, -0.2) is 4.79 Å². The number of carboxylic acid groups (broad SMARTS) is 1. The van der Waals surface area contributed by atoms with Crippen LogP contribution in [-0.2, 0) is 11.2 Å². The molecule has 1 heterocycles. The van der Waals surface area contributed by atoms with Crippen molar-refractivity contribution >= 4 is 17.7 Å². The molecule has 1 aromatic rings. The summed E-state index contributed by atoms with van der Waals surface area (Å²) in [5.41, 5.74) is 1.66. The van der Waals surface area contributed by atoms with E-state index in [4.69, 9.17) is 5.11 Å². The van der Waals surface area contributed by atoms with Crippen molar-refractivity contribution in [2.24, 2.45) is 0 Å². The Bertz CT molecular complexity index is 481. The summed E-state index contributed by atoms with van der Waals surface area (Å²) in [5.74, 6) is -0.939. The molecule has 0 fully saturated rings. The van der Waals surface area contributed by atoms with E-state index in [-0.39, 0.29) is 13.0 Å². The molecule has 0 spiro atoms. The van der Waals surface area contributed by atoms with E-state index in [1.54, 1.807) is 6.20 Å². The molecule has 0 bridgehead atoms. The van der Waals surface area contributed by atoms with E-state index >= 15 is 0 Å². The maximum Gasteiger partial charge on any atom is 0.319 e. The molecule has 21 heavy (non-hydrogen) atoms. The smallest absolute Gasteiger partial charge is 0.319 e. The van der Waals surface area contributed by atoms with Gasteiger partial charge in [0.25, 0.3) is 0 Å². The summed E-state index contributed by atoms with van der Waals surface area (Å²) < 4.78 is 1.97. The Morgan fingerprint density at radius 1 is 1.33 bits per heavy atom. The first-order chi connectivity index (χ1) is 10.0. The molecule has 118 valence electrons. The highest BCUT2D eigenvalue weighted by Gasteiger charge is 2.16. The number of aliphatic carboxylic acids is 1. The molecule has 0 aromatic carbocycles. The van der Waals surface area contributed by atoms with Crippen LogP contribution in [-0.4, -0.2) is 33.4 Å². The number of amides is 2. The molecule has 0 saturated heterocycles. The van der Waals surface area contributed by atoms with Crippen LogP contribution in [0, 0.1) is 0 Å². The van der Waals surface area contributed by atoms with Gasteiger partial charge in [0.2, 0.25) is 0 Å². The highest BCUT2D eigenvalue weighted by Crippen LogP contribution is 2.23. The van der Waals surface area contributed by atoms with Gasteiger partial charge in [-0.1, -0.05) is 20.8 Å². The van der Waals surface area contributed by atoms with Crippen LogP contribution in [0.1, 0.15) is 51.8 Å². The number of hydrogen-bond donors (Lipinski definition) is 3. The first kappa shape index (κ1) is 17.0. The summed E-state index contributed by atoms with van der Waals surface area (Å²) in [6.07, 6.45) is 4.28. The molecule has 0 aliphatic heterocycles. The second kappa shape index (κ2) is 8.28. The zero-order chi connectivity index (χ0) is 15.8. The van der Waals surface area contributed by atoms with Crippen LogP contribution in [0.3, 0.4) is 0 Å². The predicted molar refractivity (Wildman–Crippen MR) is 80.5 cm³/mol. The van der Waals surface area contributed by atoms with Crippen molar-refractivity contribution in [1.82, 2.24) is 15.1 Å². The number of rotatable bonds is 8. The van der Waals surface area contributed by atoms with Crippen molar-refractivity contribution < 1.29 is 14.7 Å². The molecular formula is C14H24N4O3. The maximum atomic E-state index is 11.7. The van der Waals surface area contributed by atoms with Crippen LogP contribution in [0.4, 0.5) is 10.5 Å². The zero-order valence-electron chi connectivity index (χ0n) is 12.8. The second-order valence-electron chi connectivity index (χ2n) is 4.80. The van der Waals surface area contributed by atoms with Gasteiger partial charge in [-0.3, -0.25) is 9.48 Å². The van der Waals surface area contributed by atoms with Gasteiger partial charge in [0, 0.05) is 6.54 Å². The van der Waals surface area contributed by atoms with Gasteiger partial charge in [-0.15, -0.1) is 0 Å². The second-order valence-corrected chi connectivity index (χ2v) is 4.80.